The van der Waals surface area contributed by atoms with Crippen LogP contribution in [0.1, 0.15) is 27.3 Å². The minimum Gasteiger partial charge on any atom is -0.465 e. The molecule has 2 N–H and O–H groups in total. The van der Waals surface area contributed by atoms with Crippen molar-refractivity contribution in [1.82, 2.24) is 15.1 Å². The number of methoxy groups -OCH3 is 1. The number of hydrogen-bond acceptors (Lipinski definition) is 7. The first-order valence-electron chi connectivity index (χ1n) is 8.21. The number of rotatable bonds is 8. The van der Waals surface area contributed by atoms with Crippen LogP contribution in [0.15, 0.2) is 36.4 Å². The highest BCUT2D eigenvalue weighted by Gasteiger charge is 2.10. The zero-order chi connectivity index (χ0) is 18.9. The Morgan fingerprint density at radius 1 is 1.08 bits per heavy atom. The molecule has 1 aromatic carbocycles. The molecule has 1 amide bonds. The monoisotopic (exact) mass is 357 g/mol. The zero-order valence-corrected chi connectivity index (χ0v) is 15.2. The molecular formula is C18H23N5O3. The first-order chi connectivity index (χ1) is 12.5. The van der Waals surface area contributed by atoms with Crippen molar-refractivity contribution >= 4 is 23.4 Å². The maximum absolute atomic E-state index is 12.2. The van der Waals surface area contributed by atoms with Crippen LogP contribution in [0.25, 0.3) is 0 Å². The van der Waals surface area contributed by atoms with Crippen LogP contribution in [-0.4, -0.2) is 61.3 Å². The largest absolute Gasteiger partial charge is 0.465 e. The fourth-order valence-electron chi connectivity index (χ4n) is 2.16. The van der Waals surface area contributed by atoms with Gasteiger partial charge in [-0.15, -0.1) is 10.2 Å². The molecule has 8 heteroatoms. The van der Waals surface area contributed by atoms with Crippen molar-refractivity contribution in [3.05, 3.63) is 47.7 Å². The Bertz CT molecular complexity index is 729. The highest BCUT2D eigenvalue weighted by atomic mass is 16.5. The lowest BCUT2D eigenvalue weighted by Crippen LogP contribution is -2.17. The molecule has 0 saturated heterocycles. The number of carbonyl (C=O) groups excluding carboxylic acids is 2. The Morgan fingerprint density at radius 2 is 1.81 bits per heavy atom. The normalized spacial score (nSPS) is 10.5. The zero-order valence-electron chi connectivity index (χ0n) is 15.2. The lowest BCUT2D eigenvalue weighted by molar-refractivity contribution is 0.0600. The average Bonchev–Trinajstić information content (AvgIpc) is 2.65. The summed E-state index contributed by atoms with van der Waals surface area (Å²) in [5.41, 5.74) is 1.17. The summed E-state index contributed by atoms with van der Waals surface area (Å²) in [5.74, 6) is -0.173. The fourth-order valence-corrected chi connectivity index (χ4v) is 2.16. The molecule has 0 atom stereocenters. The molecule has 1 aromatic heterocycles. The number of nitrogens with one attached hydrogen (secondary N) is 2. The van der Waals surface area contributed by atoms with E-state index in [0.29, 0.717) is 17.1 Å². The van der Waals surface area contributed by atoms with Crippen molar-refractivity contribution < 1.29 is 14.3 Å². The summed E-state index contributed by atoms with van der Waals surface area (Å²) < 4.78 is 4.63. The first-order valence-corrected chi connectivity index (χ1v) is 8.21. The number of ether oxygens (including phenoxy) is 1. The molecule has 26 heavy (non-hydrogen) atoms. The van der Waals surface area contributed by atoms with Gasteiger partial charge in [0.1, 0.15) is 5.82 Å². The standard InChI is InChI=1S/C18H23N5O3/c1-23(2)12-4-11-19-16-10-9-15(21-22-16)17(24)20-14-7-5-13(6-8-14)18(25)26-3/h5-10H,4,11-12H2,1-3H3,(H,19,22)(H,20,24). The topological polar surface area (TPSA) is 96.4 Å². The summed E-state index contributed by atoms with van der Waals surface area (Å²) in [6.45, 7) is 1.76. The van der Waals surface area contributed by atoms with Gasteiger partial charge >= 0.3 is 5.97 Å². The highest BCUT2D eigenvalue weighted by molar-refractivity contribution is 6.03. The third-order valence-corrected chi connectivity index (χ3v) is 3.55. The Balaban J connectivity index is 1.88. The van der Waals surface area contributed by atoms with Crippen LogP contribution < -0.4 is 10.6 Å². The van der Waals surface area contributed by atoms with E-state index < -0.39 is 5.97 Å². The SMILES string of the molecule is COC(=O)c1ccc(NC(=O)c2ccc(NCCCN(C)C)nn2)cc1. The number of anilines is 2. The number of nitrogens with zero attached hydrogens (tertiary/aromatic N) is 3. The van der Waals surface area contributed by atoms with Crippen LogP contribution in [0.4, 0.5) is 11.5 Å². The summed E-state index contributed by atoms with van der Waals surface area (Å²) >= 11 is 0. The molecule has 0 aliphatic rings. The third-order valence-electron chi connectivity index (χ3n) is 3.55. The predicted molar refractivity (Wildman–Crippen MR) is 99.4 cm³/mol. The van der Waals surface area contributed by atoms with E-state index in [1.54, 1.807) is 36.4 Å². The van der Waals surface area contributed by atoms with Gasteiger partial charge in [0.2, 0.25) is 0 Å². The van der Waals surface area contributed by atoms with E-state index in [-0.39, 0.29) is 11.6 Å². The summed E-state index contributed by atoms with van der Waals surface area (Å²) in [5, 5.41) is 13.8. The second-order valence-electron chi connectivity index (χ2n) is 5.91. The lowest BCUT2D eigenvalue weighted by atomic mass is 10.2. The molecule has 8 nitrogen and oxygen atoms in total. The van der Waals surface area contributed by atoms with E-state index in [9.17, 15) is 9.59 Å². The number of hydrogen-bond donors (Lipinski definition) is 2. The van der Waals surface area contributed by atoms with Gasteiger partial charge in [-0.1, -0.05) is 0 Å². The third kappa shape index (κ3) is 5.82. The summed E-state index contributed by atoms with van der Waals surface area (Å²) in [6, 6.07) is 9.73. The number of esters is 1. The van der Waals surface area contributed by atoms with Gasteiger partial charge in [-0.2, -0.15) is 0 Å². The molecule has 2 aromatic rings. The van der Waals surface area contributed by atoms with Gasteiger partial charge < -0.3 is 20.3 Å². The summed E-state index contributed by atoms with van der Waals surface area (Å²) in [4.78, 5) is 25.7. The van der Waals surface area contributed by atoms with Crippen molar-refractivity contribution in [1.29, 1.82) is 0 Å². The van der Waals surface area contributed by atoms with Gasteiger partial charge in [-0.25, -0.2) is 4.79 Å². The molecule has 0 aliphatic heterocycles. The molecule has 0 bridgehead atoms. The Labute approximate surface area is 152 Å². The van der Waals surface area contributed by atoms with Crippen LogP contribution in [0.3, 0.4) is 0 Å². The van der Waals surface area contributed by atoms with Crippen LogP contribution in [0.2, 0.25) is 0 Å². The maximum Gasteiger partial charge on any atom is 0.337 e. The number of carbonyl (C=O) groups is 2. The summed E-state index contributed by atoms with van der Waals surface area (Å²) in [7, 11) is 5.36. The number of benzene rings is 1. The van der Waals surface area contributed by atoms with E-state index in [0.717, 1.165) is 19.5 Å². The molecule has 0 unspecified atom stereocenters. The van der Waals surface area contributed by atoms with Crippen LogP contribution in [0.5, 0.6) is 0 Å². The lowest BCUT2D eigenvalue weighted by Gasteiger charge is -2.10. The Morgan fingerprint density at radius 3 is 2.38 bits per heavy atom. The second-order valence-corrected chi connectivity index (χ2v) is 5.91. The smallest absolute Gasteiger partial charge is 0.337 e. The predicted octanol–water partition coefficient (Wildman–Crippen LogP) is 1.88. The molecule has 0 saturated carbocycles. The molecule has 0 fully saturated rings. The quantitative estimate of drug-likeness (QED) is 0.550. The molecular weight excluding hydrogens is 334 g/mol. The van der Waals surface area contributed by atoms with E-state index in [1.807, 2.05) is 14.1 Å². The van der Waals surface area contributed by atoms with Gasteiger partial charge in [0, 0.05) is 12.2 Å². The molecule has 0 aliphatic carbocycles. The van der Waals surface area contributed by atoms with Gasteiger partial charge in [-0.3, -0.25) is 4.79 Å². The van der Waals surface area contributed by atoms with Gasteiger partial charge in [0.25, 0.3) is 5.91 Å². The number of aromatic nitrogens is 2. The van der Waals surface area contributed by atoms with Gasteiger partial charge in [0.15, 0.2) is 5.69 Å². The minimum atomic E-state index is -0.428. The molecule has 2 rings (SSSR count). The minimum absolute atomic E-state index is 0.209. The highest BCUT2D eigenvalue weighted by Crippen LogP contribution is 2.12. The molecule has 0 spiro atoms. The van der Waals surface area contributed by atoms with Crippen molar-refractivity contribution in [2.24, 2.45) is 0 Å². The number of amides is 1. The average molecular weight is 357 g/mol. The van der Waals surface area contributed by atoms with Crippen LogP contribution in [-0.2, 0) is 4.74 Å². The van der Waals surface area contributed by atoms with Crippen molar-refractivity contribution in [2.45, 2.75) is 6.42 Å². The summed E-state index contributed by atoms with van der Waals surface area (Å²) in [6.07, 6.45) is 0.985. The first kappa shape index (κ1) is 19.3. The van der Waals surface area contributed by atoms with E-state index >= 15 is 0 Å². The fraction of sp³-hybridized carbons (Fsp3) is 0.333. The van der Waals surface area contributed by atoms with Crippen molar-refractivity contribution in [3.8, 4) is 0 Å². The Hall–Kier alpha value is -3.00. The van der Waals surface area contributed by atoms with E-state index in [4.69, 9.17) is 0 Å². The van der Waals surface area contributed by atoms with Gasteiger partial charge in [0.05, 0.1) is 12.7 Å². The van der Waals surface area contributed by atoms with E-state index in [1.165, 1.54) is 7.11 Å². The van der Waals surface area contributed by atoms with Crippen molar-refractivity contribution in [2.75, 3.05) is 44.9 Å². The van der Waals surface area contributed by atoms with E-state index in [2.05, 4.69) is 30.5 Å². The molecule has 0 radical (unpaired) electrons. The Kier molecular flexibility index (Phi) is 7.04. The maximum atomic E-state index is 12.2. The molecule has 138 valence electrons. The molecule has 1 heterocycles. The van der Waals surface area contributed by atoms with Gasteiger partial charge in [-0.05, 0) is 63.5 Å². The van der Waals surface area contributed by atoms with Crippen LogP contribution >= 0.6 is 0 Å². The van der Waals surface area contributed by atoms with Crippen LogP contribution in [0, 0.1) is 0 Å². The second kappa shape index (κ2) is 9.47. The van der Waals surface area contributed by atoms with Crippen molar-refractivity contribution in [3.63, 3.8) is 0 Å².